The molecule has 8 heteroatoms. The fourth-order valence-corrected chi connectivity index (χ4v) is 4.80. The number of amides is 4. The van der Waals surface area contributed by atoms with Crippen molar-refractivity contribution in [1.82, 2.24) is 20.9 Å². The lowest BCUT2D eigenvalue weighted by Crippen LogP contribution is -2.54. The van der Waals surface area contributed by atoms with Gasteiger partial charge in [0, 0.05) is 19.1 Å². The molecule has 0 aromatic heterocycles. The van der Waals surface area contributed by atoms with Crippen LogP contribution in [0.15, 0.2) is 0 Å². The molecule has 3 fully saturated rings. The highest BCUT2D eigenvalue weighted by molar-refractivity contribution is 6.09. The molecule has 28 heavy (non-hydrogen) atoms. The van der Waals surface area contributed by atoms with Crippen LogP contribution in [0.2, 0.25) is 0 Å². The fraction of sp³-hybridized carbons (Fsp3) is 0.850. The molecular weight excluding hydrogens is 380 g/mol. The topological polar surface area (TPSA) is 90.5 Å². The van der Waals surface area contributed by atoms with Gasteiger partial charge in [0.15, 0.2) is 0 Å². The summed E-state index contributed by atoms with van der Waals surface area (Å²) in [6, 6.07) is 0.114. The monoisotopic (exact) mass is 414 g/mol. The third-order valence-corrected chi connectivity index (χ3v) is 6.54. The summed E-state index contributed by atoms with van der Waals surface area (Å²) in [5.74, 6) is -0.396. The summed E-state index contributed by atoms with van der Waals surface area (Å²) in [4.78, 5) is 38.5. The number of carbonyl (C=O) groups excluding carboxylic acids is 3. The van der Waals surface area contributed by atoms with Gasteiger partial charge in [-0.15, -0.1) is 12.4 Å². The van der Waals surface area contributed by atoms with Crippen molar-refractivity contribution in [3.8, 4) is 0 Å². The van der Waals surface area contributed by atoms with Crippen LogP contribution >= 0.6 is 12.4 Å². The molecular formula is C20H35ClN4O3. The van der Waals surface area contributed by atoms with E-state index in [2.05, 4.69) is 16.0 Å². The molecule has 3 rings (SSSR count). The van der Waals surface area contributed by atoms with Gasteiger partial charge >= 0.3 is 6.03 Å². The minimum absolute atomic E-state index is 0. The normalized spacial score (nSPS) is 28.6. The third-order valence-electron chi connectivity index (χ3n) is 6.54. The van der Waals surface area contributed by atoms with Crippen molar-refractivity contribution in [3.63, 3.8) is 0 Å². The van der Waals surface area contributed by atoms with E-state index in [9.17, 15) is 14.4 Å². The zero-order chi connectivity index (χ0) is 19.3. The Morgan fingerprint density at radius 3 is 2.43 bits per heavy atom. The molecule has 4 amide bonds. The van der Waals surface area contributed by atoms with Gasteiger partial charge in [0.25, 0.3) is 5.91 Å². The second-order valence-corrected chi connectivity index (χ2v) is 8.43. The van der Waals surface area contributed by atoms with Crippen molar-refractivity contribution < 1.29 is 14.4 Å². The van der Waals surface area contributed by atoms with E-state index in [4.69, 9.17) is 0 Å². The van der Waals surface area contributed by atoms with Gasteiger partial charge in [-0.25, -0.2) is 4.79 Å². The first-order valence-electron chi connectivity index (χ1n) is 10.7. The smallest absolute Gasteiger partial charge is 0.325 e. The van der Waals surface area contributed by atoms with Crippen LogP contribution in [0.25, 0.3) is 0 Å². The maximum Gasteiger partial charge on any atom is 0.325 e. The molecule has 1 aliphatic heterocycles. The molecule has 1 heterocycles. The number of carbonyl (C=O) groups is 3. The Hall–Kier alpha value is -1.34. The fourth-order valence-electron chi connectivity index (χ4n) is 4.80. The quantitative estimate of drug-likeness (QED) is 0.353. The lowest BCUT2D eigenvalue weighted by atomic mass is 9.73. The van der Waals surface area contributed by atoms with Gasteiger partial charge in [0.05, 0.1) is 0 Å². The summed E-state index contributed by atoms with van der Waals surface area (Å²) in [6.45, 7) is 3.06. The summed E-state index contributed by atoms with van der Waals surface area (Å²) in [7, 11) is 0. The van der Waals surface area contributed by atoms with Crippen molar-refractivity contribution in [2.45, 2.75) is 82.7 Å². The molecule has 0 radical (unpaired) electrons. The van der Waals surface area contributed by atoms with Gasteiger partial charge in [-0.1, -0.05) is 45.4 Å². The van der Waals surface area contributed by atoms with Gasteiger partial charge in [0.1, 0.15) is 12.1 Å². The molecule has 7 nitrogen and oxygen atoms in total. The number of rotatable bonds is 6. The van der Waals surface area contributed by atoms with Crippen LogP contribution in [0, 0.1) is 5.92 Å². The van der Waals surface area contributed by atoms with Crippen molar-refractivity contribution in [2.24, 2.45) is 5.92 Å². The van der Waals surface area contributed by atoms with Crippen molar-refractivity contribution in [2.75, 3.05) is 19.6 Å². The van der Waals surface area contributed by atoms with Crippen LogP contribution in [0.3, 0.4) is 0 Å². The molecule has 2 saturated carbocycles. The van der Waals surface area contributed by atoms with E-state index in [1.165, 1.54) is 38.5 Å². The maximum absolute atomic E-state index is 12.9. The molecule has 1 spiro atoms. The van der Waals surface area contributed by atoms with Crippen LogP contribution in [0.1, 0.15) is 71.1 Å². The molecule has 2 aliphatic carbocycles. The average molecular weight is 415 g/mol. The first-order chi connectivity index (χ1) is 13.0. The molecule has 160 valence electrons. The Balaban J connectivity index is 0.00000280. The number of nitrogens with zero attached hydrogens (tertiary/aromatic N) is 1. The molecule has 2 unspecified atom stereocenters. The maximum atomic E-state index is 12.9. The van der Waals surface area contributed by atoms with E-state index < -0.39 is 11.6 Å². The summed E-state index contributed by atoms with van der Waals surface area (Å²) >= 11 is 0. The Morgan fingerprint density at radius 1 is 1.07 bits per heavy atom. The number of halogens is 1. The molecule has 0 aromatic rings. The molecule has 1 saturated heterocycles. The Bertz CT molecular complexity index is 566. The second kappa shape index (κ2) is 10.4. The van der Waals surface area contributed by atoms with Crippen LogP contribution < -0.4 is 16.0 Å². The molecule has 3 aliphatic rings. The molecule has 3 N–H and O–H groups in total. The van der Waals surface area contributed by atoms with E-state index in [-0.39, 0.29) is 36.7 Å². The highest BCUT2D eigenvalue weighted by Crippen LogP contribution is 2.38. The molecule has 0 aromatic carbocycles. The van der Waals surface area contributed by atoms with E-state index >= 15 is 0 Å². The summed E-state index contributed by atoms with van der Waals surface area (Å²) in [5, 5.41) is 9.22. The zero-order valence-electron chi connectivity index (χ0n) is 16.9. The minimum Gasteiger partial charge on any atom is -0.353 e. The van der Waals surface area contributed by atoms with Gasteiger partial charge in [-0.05, 0) is 31.6 Å². The number of imide groups is 1. The number of hydrogen-bond acceptors (Lipinski definition) is 4. The standard InChI is InChI=1S/C20H34N4O3.ClH/c1-15-8-6-7-11-20(15)18(26)24(19(27)23-20)14-17(25)22-13-12-21-16-9-4-2-3-5-10-16;/h15-16,21H,2-14H2,1H3,(H,22,25)(H,23,27);1H. The predicted octanol–water partition coefficient (Wildman–Crippen LogP) is 2.34. The highest BCUT2D eigenvalue weighted by Gasteiger charge is 2.55. The summed E-state index contributed by atoms with van der Waals surface area (Å²) in [5.41, 5.74) is -0.795. The largest absolute Gasteiger partial charge is 0.353 e. The SMILES string of the molecule is CC1CCCCC12NC(=O)N(CC(=O)NCCNC1CCCCCC1)C2=O.Cl. The van der Waals surface area contributed by atoms with Crippen molar-refractivity contribution >= 4 is 30.3 Å². The summed E-state index contributed by atoms with van der Waals surface area (Å²) < 4.78 is 0. The van der Waals surface area contributed by atoms with Gasteiger partial charge in [-0.3, -0.25) is 14.5 Å². The molecule has 0 bridgehead atoms. The van der Waals surface area contributed by atoms with Gasteiger partial charge in [-0.2, -0.15) is 0 Å². The lowest BCUT2D eigenvalue weighted by molar-refractivity contribution is -0.137. The van der Waals surface area contributed by atoms with Gasteiger partial charge in [0.2, 0.25) is 5.91 Å². The van der Waals surface area contributed by atoms with Crippen molar-refractivity contribution in [3.05, 3.63) is 0 Å². The number of urea groups is 1. The van der Waals surface area contributed by atoms with E-state index in [0.29, 0.717) is 19.0 Å². The predicted molar refractivity (Wildman–Crippen MR) is 110 cm³/mol. The number of hydrogen-bond donors (Lipinski definition) is 3. The molecule has 2 atom stereocenters. The van der Waals surface area contributed by atoms with Crippen LogP contribution in [0.4, 0.5) is 4.79 Å². The van der Waals surface area contributed by atoms with E-state index in [1.54, 1.807) is 0 Å². The summed E-state index contributed by atoms with van der Waals surface area (Å²) in [6.07, 6.45) is 11.2. The Kier molecular flexibility index (Phi) is 8.56. The second-order valence-electron chi connectivity index (χ2n) is 8.43. The van der Waals surface area contributed by atoms with Gasteiger partial charge < -0.3 is 16.0 Å². The van der Waals surface area contributed by atoms with E-state index in [0.717, 1.165) is 30.7 Å². The first-order valence-corrected chi connectivity index (χ1v) is 10.7. The van der Waals surface area contributed by atoms with Crippen molar-refractivity contribution in [1.29, 1.82) is 0 Å². The minimum atomic E-state index is -0.795. The zero-order valence-corrected chi connectivity index (χ0v) is 17.7. The first kappa shape index (κ1) is 22.9. The average Bonchev–Trinajstić information content (AvgIpc) is 2.84. The third kappa shape index (κ3) is 5.17. The Labute approximate surface area is 174 Å². The van der Waals surface area contributed by atoms with Crippen LogP contribution in [-0.4, -0.2) is 54.0 Å². The van der Waals surface area contributed by atoms with Crippen LogP contribution in [0.5, 0.6) is 0 Å². The Morgan fingerprint density at radius 2 is 1.75 bits per heavy atom. The highest BCUT2D eigenvalue weighted by atomic mass is 35.5. The van der Waals surface area contributed by atoms with Crippen LogP contribution in [-0.2, 0) is 9.59 Å². The lowest BCUT2D eigenvalue weighted by Gasteiger charge is -2.36. The number of nitrogens with one attached hydrogen (secondary N) is 3. The van der Waals surface area contributed by atoms with E-state index in [1.807, 2.05) is 6.92 Å².